The molecule has 3 aromatic rings. The fourth-order valence-corrected chi connectivity index (χ4v) is 4.05. The molecule has 0 bridgehead atoms. The lowest BCUT2D eigenvalue weighted by Crippen LogP contribution is -2.55. The molecule has 5 nitrogen and oxygen atoms in total. The van der Waals surface area contributed by atoms with Gasteiger partial charge in [-0.2, -0.15) is 0 Å². The van der Waals surface area contributed by atoms with Gasteiger partial charge in [0.15, 0.2) is 0 Å². The third-order valence-electron chi connectivity index (χ3n) is 5.72. The monoisotopic (exact) mass is 370 g/mol. The third-order valence-corrected chi connectivity index (χ3v) is 5.72. The molecule has 3 heterocycles. The van der Waals surface area contributed by atoms with Gasteiger partial charge in [0, 0.05) is 37.8 Å². The van der Waals surface area contributed by atoms with Crippen LogP contribution in [0.25, 0.3) is 11.3 Å². The molecule has 5 rings (SSSR count). The Labute approximate surface area is 164 Å². The highest BCUT2D eigenvalue weighted by Gasteiger charge is 2.37. The standard InChI is InChI=1S/C23H22N4O/c28-23(26-11-10-17-6-4-5-9-19(17)13-26)20-14-27(15-20)22-12-21(24-16-25-22)18-7-2-1-3-8-18/h1-9,12,16,20H,10-11,13-15H2. The molecule has 2 aliphatic heterocycles. The lowest BCUT2D eigenvalue weighted by Gasteiger charge is -2.42. The maximum absolute atomic E-state index is 12.9. The number of benzene rings is 2. The third kappa shape index (κ3) is 3.13. The maximum atomic E-state index is 12.9. The normalized spacial score (nSPS) is 16.4. The first-order valence-electron chi connectivity index (χ1n) is 9.76. The summed E-state index contributed by atoms with van der Waals surface area (Å²) < 4.78 is 0. The van der Waals surface area contributed by atoms with Crippen LogP contribution in [-0.4, -0.2) is 40.4 Å². The average Bonchev–Trinajstić information content (AvgIpc) is 2.73. The largest absolute Gasteiger partial charge is 0.355 e. The van der Waals surface area contributed by atoms with E-state index in [1.807, 2.05) is 41.3 Å². The van der Waals surface area contributed by atoms with Gasteiger partial charge in [-0.1, -0.05) is 54.6 Å². The van der Waals surface area contributed by atoms with Gasteiger partial charge in [-0.15, -0.1) is 0 Å². The zero-order chi connectivity index (χ0) is 18.9. The number of nitrogens with zero attached hydrogens (tertiary/aromatic N) is 4. The van der Waals surface area contributed by atoms with Gasteiger partial charge in [0.25, 0.3) is 0 Å². The lowest BCUT2D eigenvalue weighted by molar-refractivity contribution is -0.137. The first-order valence-corrected chi connectivity index (χ1v) is 9.76. The van der Waals surface area contributed by atoms with E-state index in [0.29, 0.717) is 0 Å². The molecule has 2 aromatic carbocycles. The van der Waals surface area contributed by atoms with Crippen molar-refractivity contribution >= 4 is 11.7 Å². The van der Waals surface area contributed by atoms with Gasteiger partial charge in [-0.05, 0) is 17.5 Å². The van der Waals surface area contributed by atoms with E-state index in [4.69, 9.17) is 0 Å². The van der Waals surface area contributed by atoms with E-state index in [0.717, 1.165) is 49.7 Å². The second kappa shape index (κ2) is 7.08. The van der Waals surface area contributed by atoms with Gasteiger partial charge in [-0.3, -0.25) is 4.79 Å². The Morgan fingerprint density at radius 1 is 0.929 bits per heavy atom. The quantitative estimate of drug-likeness (QED) is 0.711. The van der Waals surface area contributed by atoms with Crippen LogP contribution in [0, 0.1) is 5.92 Å². The molecule has 140 valence electrons. The number of carbonyl (C=O) groups is 1. The summed E-state index contributed by atoms with van der Waals surface area (Å²) in [4.78, 5) is 25.9. The number of amides is 1. The SMILES string of the molecule is O=C(C1CN(c2cc(-c3ccccc3)ncn2)C1)N1CCc2ccccc2C1. The summed E-state index contributed by atoms with van der Waals surface area (Å²) in [5.74, 6) is 1.21. The molecule has 0 saturated carbocycles. The van der Waals surface area contributed by atoms with Crippen molar-refractivity contribution in [2.75, 3.05) is 24.5 Å². The van der Waals surface area contributed by atoms with Gasteiger partial charge >= 0.3 is 0 Å². The number of fused-ring (bicyclic) bond motifs is 1. The fraction of sp³-hybridized carbons (Fsp3) is 0.261. The maximum Gasteiger partial charge on any atom is 0.229 e. The minimum Gasteiger partial charge on any atom is -0.355 e. The Morgan fingerprint density at radius 2 is 1.68 bits per heavy atom. The van der Waals surface area contributed by atoms with E-state index >= 15 is 0 Å². The van der Waals surface area contributed by atoms with Crippen LogP contribution >= 0.6 is 0 Å². The minimum atomic E-state index is 0.0559. The van der Waals surface area contributed by atoms with Crippen molar-refractivity contribution in [1.29, 1.82) is 0 Å². The van der Waals surface area contributed by atoms with Gasteiger partial charge in [0.2, 0.25) is 5.91 Å². The van der Waals surface area contributed by atoms with Crippen LogP contribution < -0.4 is 4.90 Å². The van der Waals surface area contributed by atoms with Crippen LogP contribution in [0.2, 0.25) is 0 Å². The van der Waals surface area contributed by atoms with Crippen molar-refractivity contribution in [2.45, 2.75) is 13.0 Å². The molecule has 1 amide bonds. The summed E-state index contributed by atoms with van der Waals surface area (Å²) in [7, 11) is 0. The molecular formula is C23H22N4O. The van der Waals surface area contributed by atoms with Crippen molar-refractivity contribution in [1.82, 2.24) is 14.9 Å². The van der Waals surface area contributed by atoms with E-state index in [1.165, 1.54) is 11.1 Å². The number of hydrogen-bond acceptors (Lipinski definition) is 4. The van der Waals surface area contributed by atoms with E-state index in [2.05, 4.69) is 39.1 Å². The van der Waals surface area contributed by atoms with Gasteiger partial charge < -0.3 is 9.80 Å². The Kier molecular flexibility index (Phi) is 4.28. The smallest absolute Gasteiger partial charge is 0.229 e. The van der Waals surface area contributed by atoms with Crippen LogP contribution in [0.1, 0.15) is 11.1 Å². The van der Waals surface area contributed by atoms with E-state index in [1.54, 1.807) is 6.33 Å². The van der Waals surface area contributed by atoms with Gasteiger partial charge in [-0.25, -0.2) is 9.97 Å². The number of rotatable bonds is 3. The topological polar surface area (TPSA) is 49.3 Å². The van der Waals surface area contributed by atoms with Crippen molar-refractivity contribution in [3.8, 4) is 11.3 Å². The van der Waals surface area contributed by atoms with E-state index in [9.17, 15) is 4.79 Å². The number of aromatic nitrogens is 2. The first kappa shape index (κ1) is 16.9. The fourth-order valence-electron chi connectivity index (χ4n) is 4.05. The highest BCUT2D eigenvalue weighted by molar-refractivity contribution is 5.82. The molecule has 0 N–H and O–H groups in total. The van der Waals surface area contributed by atoms with Crippen molar-refractivity contribution in [3.05, 3.63) is 78.1 Å². The Morgan fingerprint density at radius 3 is 2.50 bits per heavy atom. The van der Waals surface area contributed by atoms with Gasteiger partial charge in [0.05, 0.1) is 11.6 Å². The zero-order valence-electron chi connectivity index (χ0n) is 15.7. The summed E-state index contributed by atoms with van der Waals surface area (Å²) in [6.07, 6.45) is 2.55. The highest BCUT2D eigenvalue weighted by Crippen LogP contribution is 2.28. The molecule has 0 unspecified atom stereocenters. The Balaban J connectivity index is 1.24. The predicted octanol–water partition coefficient (Wildman–Crippen LogP) is 3.16. The van der Waals surface area contributed by atoms with Crippen LogP contribution in [-0.2, 0) is 17.8 Å². The summed E-state index contributed by atoms with van der Waals surface area (Å²) in [5, 5.41) is 0. The van der Waals surface area contributed by atoms with Crippen molar-refractivity contribution < 1.29 is 4.79 Å². The van der Waals surface area contributed by atoms with Crippen LogP contribution in [0.5, 0.6) is 0 Å². The number of anilines is 1. The summed E-state index contributed by atoms with van der Waals surface area (Å²) in [6, 6.07) is 20.5. The molecule has 5 heteroatoms. The molecule has 1 fully saturated rings. The molecule has 2 aliphatic rings. The van der Waals surface area contributed by atoms with Crippen LogP contribution in [0.3, 0.4) is 0 Å². The van der Waals surface area contributed by atoms with Crippen molar-refractivity contribution in [3.63, 3.8) is 0 Å². The molecule has 0 radical (unpaired) electrons. The second-order valence-corrected chi connectivity index (χ2v) is 7.51. The Bertz CT molecular complexity index is 998. The van der Waals surface area contributed by atoms with E-state index in [-0.39, 0.29) is 11.8 Å². The molecule has 1 saturated heterocycles. The minimum absolute atomic E-state index is 0.0559. The number of carbonyl (C=O) groups excluding carboxylic acids is 1. The number of hydrogen-bond donors (Lipinski definition) is 0. The molecule has 1 aromatic heterocycles. The van der Waals surface area contributed by atoms with Gasteiger partial charge in [0.1, 0.15) is 12.1 Å². The average molecular weight is 370 g/mol. The highest BCUT2D eigenvalue weighted by atomic mass is 16.2. The summed E-state index contributed by atoms with van der Waals surface area (Å²) in [6.45, 7) is 3.00. The lowest BCUT2D eigenvalue weighted by atomic mass is 9.95. The van der Waals surface area contributed by atoms with Crippen LogP contribution in [0.15, 0.2) is 67.0 Å². The van der Waals surface area contributed by atoms with E-state index < -0.39 is 0 Å². The second-order valence-electron chi connectivity index (χ2n) is 7.51. The summed E-state index contributed by atoms with van der Waals surface area (Å²) >= 11 is 0. The first-order chi connectivity index (χ1) is 13.8. The molecule has 0 aliphatic carbocycles. The Hall–Kier alpha value is -3.21. The predicted molar refractivity (Wildman–Crippen MR) is 109 cm³/mol. The van der Waals surface area contributed by atoms with Crippen LogP contribution in [0.4, 0.5) is 5.82 Å². The van der Waals surface area contributed by atoms with Crippen molar-refractivity contribution in [2.24, 2.45) is 5.92 Å². The summed E-state index contributed by atoms with van der Waals surface area (Å²) in [5.41, 5.74) is 4.64. The zero-order valence-corrected chi connectivity index (χ0v) is 15.7. The molecule has 0 spiro atoms. The molecular weight excluding hydrogens is 348 g/mol. The molecule has 0 atom stereocenters. The molecule has 28 heavy (non-hydrogen) atoms.